The molecule has 0 spiro atoms. The number of aromatic nitrogens is 1. The van der Waals surface area contributed by atoms with Crippen molar-refractivity contribution < 1.29 is 13.3 Å². The first kappa shape index (κ1) is 10.7. The maximum absolute atomic E-state index is 13.2. The summed E-state index contributed by atoms with van der Waals surface area (Å²) in [5.74, 6) is -1.66. The lowest BCUT2D eigenvalue weighted by Crippen LogP contribution is -2.32. The van der Waals surface area contributed by atoms with Crippen LogP contribution in [0.25, 0.3) is 11.3 Å². The molecule has 1 aromatic carbocycles. The van der Waals surface area contributed by atoms with Gasteiger partial charge >= 0.3 is 0 Å². The molecule has 0 unspecified atom stereocenters. The summed E-state index contributed by atoms with van der Waals surface area (Å²) in [6, 6.07) is 8.85. The van der Waals surface area contributed by atoms with E-state index in [4.69, 9.17) is 0 Å². The minimum absolute atomic E-state index is 0.664. The molecule has 0 aliphatic rings. The Morgan fingerprint density at radius 2 is 1.75 bits per heavy atom. The third-order valence-electron chi connectivity index (χ3n) is 2.60. The number of aryl methyl sites for hydroxylation is 2. The number of hydrogen-bond donors (Lipinski definition) is 0. The van der Waals surface area contributed by atoms with Crippen molar-refractivity contribution in [2.75, 3.05) is 0 Å². The second-order valence-corrected chi connectivity index (χ2v) is 3.78. The predicted octanol–water partition coefficient (Wildman–Crippen LogP) is 2.76. The van der Waals surface area contributed by atoms with E-state index < -0.39 is 11.6 Å². The van der Waals surface area contributed by atoms with Gasteiger partial charge in [0.25, 0.3) is 0 Å². The van der Waals surface area contributed by atoms with Gasteiger partial charge in [0, 0.05) is 11.6 Å². The first-order valence-electron chi connectivity index (χ1n) is 5.00. The van der Waals surface area contributed by atoms with Crippen molar-refractivity contribution in [2.24, 2.45) is 7.05 Å². The quantitative estimate of drug-likeness (QED) is 0.651. The molecular weight excluding hydrogens is 208 g/mol. The summed E-state index contributed by atoms with van der Waals surface area (Å²) in [5, 5.41) is 0. The van der Waals surface area contributed by atoms with Gasteiger partial charge in [0.05, 0.1) is 0 Å². The third-order valence-corrected chi connectivity index (χ3v) is 2.60. The highest BCUT2D eigenvalue weighted by Gasteiger charge is 2.16. The number of nitrogens with zero attached hydrogens (tertiary/aromatic N) is 1. The topological polar surface area (TPSA) is 3.88 Å². The lowest BCUT2D eigenvalue weighted by molar-refractivity contribution is -0.662. The van der Waals surface area contributed by atoms with Gasteiger partial charge in [-0.2, -0.15) is 8.96 Å². The van der Waals surface area contributed by atoms with E-state index >= 15 is 0 Å². The zero-order valence-corrected chi connectivity index (χ0v) is 9.17. The van der Waals surface area contributed by atoms with Crippen molar-refractivity contribution in [1.29, 1.82) is 0 Å². The lowest BCUT2D eigenvalue weighted by atomic mass is 10.0. The summed E-state index contributed by atoms with van der Waals surface area (Å²) in [4.78, 5) is 0. The van der Waals surface area contributed by atoms with Gasteiger partial charge in [-0.25, -0.2) is 4.39 Å². The monoisotopic (exact) mass is 220 g/mol. The SMILES string of the molecule is Cc1ccccc1-c1cc(F)c(F)c[n+]1C. The molecule has 16 heavy (non-hydrogen) atoms. The highest BCUT2D eigenvalue weighted by atomic mass is 19.2. The van der Waals surface area contributed by atoms with Crippen LogP contribution in [0.4, 0.5) is 8.78 Å². The molecule has 0 radical (unpaired) electrons. The molecule has 2 aromatic rings. The standard InChI is InChI=1S/C13H12F2N/c1-9-5-3-4-6-10(9)13-7-11(14)12(15)8-16(13)2/h3-8H,1-2H3/q+1. The van der Waals surface area contributed by atoms with Gasteiger partial charge in [-0.1, -0.05) is 18.2 Å². The van der Waals surface area contributed by atoms with E-state index in [0.29, 0.717) is 5.69 Å². The summed E-state index contributed by atoms with van der Waals surface area (Å²) < 4.78 is 27.8. The van der Waals surface area contributed by atoms with E-state index in [-0.39, 0.29) is 0 Å². The van der Waals surface area contributed by atoms with Crippen LogP contribution in [-0.4, -0.2) is 0 Å². The van der Waals surface area contributed by atoms with Gasteiger partial charge in [0.15, 0.2) is 5.82 Å². The van der Waals surface area contributed by atoms with Crippen LogP contribution in [0.5, 0.6) is 0 Å². The number of pyridine rings is 1. The molecule has 1 nitrogen and oxygen atoms in total. The van der Waals surface area contributed by atoms with Crippen LogP contribution >= 0.6 is 0 Å². The van der Waals surface area contributed by atoms with Crippen LogP contribution in [-0.2, 0) is 7.05 Å². The Balaban J connectivity index is 2.65. The van der Waals surface area contributed by atoms with Crippen LogP contribution in [0.3, 0.4) is 0 Å². The fourth-order valence-corrected chi connectivity index (χ4v) is 1.72. The molecule has 0 saturated carbocycles. The van der Waals surface area contributed by atoms with Crippen molar-refractivity contribution in [2.45, 2.75) is 6.92 Å². The molecule has 2 rings (SSSR count). The van der Waals surface area contributed by atoms with E-state index in [2.05, 4.69) is 0 Å². The maximum Gasteiger partial charge on any atom is 0.222 e. The lowest BCUT2D eigenvalue weighted by Gasteiger charge is -2.04. The van der Waals surface area contributed by atoms with Crippen molar-refractivity contribution in [3.8, 4) is 11.3 Å². The Morgan fingerprint density at radius 3 is 2.44 bits per heavy atom. The van der Waals surface area contributed by atoms with E-state index in [1.54, 1.807) is 11.6 Å². The summed E-state index contributed by atoms with van der Waals surface area (Å²) >= 11 is 0. The highest BCUT2D eigenvalue weighted by Crippen LogP contribution is 2.20. The van der Waals surface area contributed by atoms with Crippen LogP contribution in [0.2, 0.25) is 0 Å². The first-order chi connectivity index (χ1) is 7.59. The largest absolute Gasteiger partial charge is 0.222 e. The van der Waals surface area contributed by atoms with Gasteiger partial charge in [-0.05, 0) is 18.6 Å². The second kappa shape index (κ2) is 4.00. The Hall–Kier alpha value is -1.77. The normalized spacial score (nSPS) is 10.5. The van der Waals surface area contributed by atoms with Crippen LogP contribution in [0.15, 0.2) is 36.5 Å². The van der Waals surface area contributed by atoms with Crippen LogP contribution in [0.1, 0.15) is 5.56 Å². The molecular formula is C13H12F2N+. The van der Waals surface area contributed by atoms with Crippen molar-refractivity contribution in [3.63, 3.8) is 0 Å². The van der Waals surface area contributed by atoms with E-state index in [1.807, 2.05) is 31.2 Å². The zero-order chi connectivity index (χ0) is 11.7. The van der Waals surface area contributed by atoms with Gasteiger partial charge in [-0.3, -0.25) is 0 Å². The average Bonchev–Trinajstić information content (AvgIpc) is 2.25. The number of rotatable bonds is 1. The van der Waals surface area contributed by atoms with Crippen LogP contribution < -0.4 is 4.57 Å². The zero-order valence-electron chi connectivity index (χ0n) is 9.17. The molecule has 0 saturated heterocycles. The van der Waals surface area contributed by atoms with Gasteiger partial charge in [0.1, 0.15) is 7.05 Å². The molecule has 0 aliphatic heterocycles. The molecule has 0 atom stereocenters. The minimum Gasteiger partial charge on any atom is -0.203 e. The van der Waals surface area contributed by atoms with Crippen molar-refractivity contribution >= 4 is 0 Å². The molecule has 3 heteroatoms. The third kappa shape index (κ3) is 1.81. The highest BCUT2D eigenvalue weighted by molar-refractivity contribution is 5.60. The molecule has 0 N–H and O–H groups in total. The summed E-state index contributed by atoms with van der Waals surface area (Å²) in [5.41, 5.74) is 2.60. The Labute approximate surface area is 93.0 Å². The Kier molecular flexibility index (Phi) is 2.69. The van der Waals surface area contributed by atoms with Crippen molar-refractivity contribution in [1.82, 2.24) is 0 Å². The number of hydrogen-bond acceptors (Lipinski definition) is 0. The fraction of sp³-hybridized carbons (Fsp3) is 0.154. The second-order valence-electron chi connectivity index (χ2n) is 3.78. The van der Waals surface area contributed by atoms with Crippen molar-refractivity contribution in [3.05, 3.63) is 53.7 Å². The first-order valence-corrected chi connectivity index (χ1v) is 5.00. The van der Waals surface area contributed by atoms with Crippen LogP contribution in [0, 0.1) is 18.6 Å². The maximum atomic E-state index is 13.2. The Bertz CT molecular complexity index is 535. The summed E-state index contributed by atoms with van der Waals surface area (Å²) in [6.07, 6.45) is 1.15. The smallest absolute Gasteiger partial charge is 0.203 e. The molecule has 1 heterocycles. The molecule has 1 aromatic heterocycles. The van der Waals surface area contributed by atoms with E-state index in [0.717, 1.165) is 17.3 Å². The average molecular weight is 220 g/mol. The van der Waals surface area contributed by atoms with Gasteiger partial charge in [0.2, 0.25) is 17.7 Å². The Morgan fingerprint density at radius 1 is 1.06 bits per heavy atom. The summed E-state index contributed by atoms with van der Waals surface area (Å²) in [6.45, 7) is 1.94. The summed E-state index contributed by atoms with van der Waals surface area (Å²) in [7, 11) is 1.70. The van der Waals surface area contributed by atoms with Gasteiger partial charge in [-0.15, -0.1) is 0 Å². The molecule has 82 valence electrons. The molecule has 0 bridgehead atoms. The fourth-order valence-electron chi connectivity index (χ4n) is 1.72. The number of halogens is 2. The van der Waals surface area contributed by atoms with Gasteiger partial charge < -0.3 is 0 Å². The van der Waals surface area contributed by atoms with E-state index in [1.165, 1.54) is 6.07 Å². The number of benzene rings is 1. The minimum atomic E-state index is -0.833. The molecule has 0 aliphatic carbocycles. The molecule has 0 amide bonds. The van der Waals surface area contributed by atoms with E-state index in [9.17, 15) is 8.78 Å². The molecule has 0 fully saturated rings. The predicted molar refractivity (Wildman–Crippen MR) is 57.7 cm³/mol.